The molecule has 0 N–H and O–H groups in total. The highest BCUT2D eigenvalue weighted by atomic mass is 19.1. The van der Waals surface area contributed by atoms with E-state index in [-0.39, 0.29) is 5.97 Å². The maximum Gasteiger partial charge on any atom is 0.366 e. The van der Waals surface area contributed by atoms with Crippen LogP contribution < -0.4 is 0 Å². The van der Waals surface area contributed by atoms with Gasteiger partial charge in [0.25, 0.3) is 0 Å². The Morgan fingerprint density at radius 3 is 1.82 bits per heavy atom. The fourth-order valence-electron chi connectivity index (χ4n) is 2.16. The Morgan fingerprint density at radius 1 is 0.818 bits per heavy atom. The lowest BCUT2D eigenvalue weighted by molar-refractivity contribution is -0.140. The van der Waals surface area contributed by atoms with Crippen molar-refractivity contribution in [3.05, 3.63) is 11.9 Å². The van der Waals surface area contributed by atoms with Crippen molar-refractivity contribution < 1.29 is 23.5 Å². The molecule has 0 aliphatic rings. The molecule has 4 nitrogen and oxygen atoms in total. The molecule has 0 saturated heterocycles. The molecule has 0 unspecified atom stereocenters. The first-order valence-corrected chi connectivity index (χ1v) is 8.12. The first-order chi connectivity index (χ1) is 10.6. The van der Waals surface area contributed by atoms with Gasteiger partial charge in [0.05, 0.1) is 14.2 Å². The number of hydrogen-bond donors (Lipinski definition) is 0. The fourth-order valence-corrected chi connectivity index (χ4v) is 2.16. The van der Waals surface area contributed by atoms with Crippen LogP contribution in [0, 0.1) is 0 Å². The molecule has 0 heterocycles. The van der Waals surface area contributed by atoms with Crippen LogP contribution in [-0.4, -0.2) is 26.2 Å². The lowest BCUT2D eigenvalue weighted by atomic mass is 10.1. The van der Waals surface area contributed by atoms with Crippen molar-refractivity contribution in [2.75, 3.05) is 14.2 Å². The number of hydrogen-bond acceptors (Lipinski definition) is 4. The minimum atomic E-state index is -0.896. The van der Waals surface area contributed by atoms with Crippen molar-refractivity contribution in [2.24, 2.45) is 0 Å². The molecule has 0 rings (SSSR count). The summed E-state index contributed by atoms with van der Waals surface area (Å²) in [5, 5.41) is 0. The van der Waals surface area contributed by atoms with Crippen LogP contribution in [0.1, 0.15) is 70.6 Å². The van der Waals surface area contributed by atoms with Crippen LogP contribution in [-0.2, 0) is 19.1 Å². The van der Waals surface area contributed by atoms with Crippen LogP contribution >= 0.6 is 0 Å². The van der Waals surface area contributed by atoms with E-state index in [4.69, 9.17) is 0 Å². The van der Waals surface area contributed by atoms with Gasteiger partial charge in [0.15, 0.2) is 0 Å². The highest BCUT2D eigenvalue weighted by Gasteiger charge is 2.06. The number of ether oxygens (including phenoxy) is 2. The minimum absolute atomic E-state index is 0.127. The molecule has 128 valence electrons. The van der Waals surface area contributed by atoms with Crippen LogP contribution in [0.4, 0.5) is 4.39 Å². The van der Waals surface area contributed by atoms with Crippen molar-refractivity contribution in [1.29, 1.82) is 0 Å². The van der Waals surface area contributed by atoms with E-state index in [1.54, 1.807) is 0 Å². The second kappa shape index (κ2) is 14.5. The lowest BCUT2D eigenvalue weighted by Gasteiger charge is -2.02. The van der Waals surface area contributed by atoms with E-state index in [0.29, 0.717) is 12.8 Å². The van der Waals surface area contributed by atoms with Crippen LogP contribution in [0.3, 0.4) is 0 Å². The third-order valence-corrected chi connectivity index (χ3v) is 3.52. The third-order valence-electron chi connectivity index (χ3n) is 3.52. The Balaban J connectivity index is 3.27. The van der Waals surface area contributed by atoms with Crippen molar-refractivity contribution in [1.82, 2.24) is 0 Å². The summed E-state index contributed by atoms with van der Waals surface area (Å²) >= 11 is 0. The van der Waals surface area contributed by atoms with Gasteiger partial charge in [-0.2, -0.15) is 4.39 Å². The van der Waals surface area contributed by atoms with E-state index < -0.39 is 11.8 Å². The predicted molar refractivity (Wildman–Crippen MR) is 84.0 cm³/mol. The topological polar surface area (TPSA) is 52.6 Å². The van der Waals surface area contributed by atoms with Crippen molar-refractivity contribution in [3.63, 3.8) is 0 Å². The van der Waals surface area contributed by atoms with Crippen LogP contribution in [0.15, 0.2) is 11.9 Å². The Labute approximate surface area is 133 Å². The molecule has 0 aliphatic heterocycles. The summed E-state index contributed by atoms with van der Waals surface area (Å²) in [5.74, 6) is -1.82. The number of carbonyl (C=O) groups excluding carboxylic acids is 2. The number of allylic oxidation sites excluding steroid dienone is 1. The van der Waals surface area contributed by atoms with Gasteiger partial charge in [-0.3, -0.25) is 4.79 Å². The van der Waals surface area contributed by atoms with Gasteiger partial charge < -0.3 is 9.47 Å². The molecular weight excluding hydrogens is 287 g/mol. The average molecular weight is 316 g/mol. The molecule has 0 bridgehead atoms. The van der Waals surface area contributed by atoms with E-state index in [2.05, 4.69) is 9.47 Å². The minimum Gasteiger partial charge on any atom is -0.469 e. The average Bonchev–Trinajstić information content (AvgIpc) is 2.54. The summed E-state index contributed by atoms with van der Waals surface area (Å²) in [6.07, 6.45) is 12.2. The van der Waals surface area contributed by atoms with Gasteiger partial charge >= 0.3 is 11.9 Å². The Bertz CT molecular complexity index is 340. The molecule has 5 heteroatoms. The normalized spacial score (nSPS) is 11.3. The smallest absolute Gasteiger partial charge is 0.366 e. The van der Waals surface area contributed by atoms with E-state index >= 15 is 0 Å². The summed E-state index contributed by atoms with van der Waals surface area (Å²) < 4.78 is 21.9. The molecule has 0 atom stereocenters. The largest absolute Gasteiger partial charge is 0.469 e. The van der Waals surface area contributed by atoms with Gasteiger partial charge in [0.1, 0.15) is 0 Å². The van der Waals surface area contributed by atoms with Gasteiger partial charge in [-0.25, -0.2) is 4.79 Å². The van der Waals surface area contributed by atoms with Gasteiger partial charge in [0.2, 0.25) is 5.83 Å². The predicted octanol–water partition coefficient (Wildman–Crippen LogP) is 4.48. The standard InChI is InChI=1S/C17H29FO4/c1-21-16(19)14-12-10-8-6-4-3-5-7-9-11-13-15(18)17(20)22-2/h13H,3-12,14H2,1-2H3/b15-13-. The molecule has 0 aromatic carbocycles. The molecule has 0 spiro atoms. The van der Waals surface area contributed by atoms with Crippen LogP contribution in [0.25, 0.3) is 0 Å². The first kappa shape index (κ1) is 20.6. The molecule has 0 fully saturated rings. The first-order valence-electron chi connectivity index (χ1n) is 8.12. The van der Waals surface area contributed by atoms with E-state index in [9.17, 15) is 14.0 Å². The van der Waals surface area contributed by atoms with Crippen molar-refractivity contribution >= 4 is 11.9 Å². The van der Waals surface area contributed by atoms with E-state index in [1.165, 1.54) is 39.6 Å². The second-order valence-electron chi connectivity index (χ2n) is 5.34. The van der Waals surface area contributed by atoms with Gasteiger partial charge in [-0.05, 0) is 25.3 Å². The molecule has 0 saturated carbocycles. The van der Waals surface area contributed by atoms with Gasteiger partial charge in [0, 0.05) is 6.42 Å². The molecule has 0 aliphatic carbocycles. The molecule has 0 aromatic heterocycles. The zero-order valence-electron chi connectivity index (χ0n) is 13.9. The second-order valence-corrected chi connectivity index (χ2v) is 5.34. The summed E-state index contributed by atoms with van der Waals surface area (Å²) in [4.78, 5) is 21.7. The third kappa shape index (κ3) is 12.4. The molecule has 0 amide bonds. The molecule has 22 heavy (non-hydrogen) atoms. The molecule has 0 aromatic rings. The number of unbranched alkanes of at least 4 members (excludes halogenated alkanes) is 9. The highest BCUT2D eigenvalue weighted by molar-refractivity contribution is 5.85. The van der Waals surface area contributed by atoms with Crippen molar-refractivity contribution in [2.45, 2.75) is 70.6 Å². The van der Waals surface area contributed by atoms with Crippen molar-refractivity contribution in [3.8, 4) is 0 Å². The van der Waals surface area contributed by atoms with E-state index in [0.717, 1.165) is 38.5 Å². The Morgan fingerprint density at radius 2 is 1.32 bits per heavy atom. The van der Waals surface area contributed by atoms with Gasteiger partial charge in [-0.15, -0.1) is 0 Å². The quantitative estimate of drug-likeness (QED) is 0.286. The van der Waals surface area contributed by atoms with E-state index in [1.807, 2.05) is 0 Å². The van der Waals surface area contributed by atoms with Crippen LogP contribution in [0.5, 0.6) is 0 Å². The maximum atomic E-state index is 13.0. The fraction of sp³-hybridized carbons (Fsp3) is 0.765. The maximum absolute atomic E-state index is 13.0. The van der Waals surface area contributed by atoms with Crippen LogP contribution in [0.2, 0.25) is 0 Å². The monoisotopic (exact) mass is 316 g/mol. The Hall–Kier alpha value is -1.39. The SMILES string of the molecule is COC(=O)CCCCCCCCCCC/C=C(\F)C(=O)OC. The number of rotatable bonds is 13. The Kier molecular flexibility index (Phi) is 13.6. The summed E-state index contributed by atoms with van der Waals surface area (Å²) in [5.41, 5.74) is 0. The number of esters is 2. The zero-order valence-corrected chi connectivity index (χ0v) is 13.9. The zero-order chi connectivity index (χ0) is 16.6. The lowest BCUT2D eigenvalue weighted by Crippen LogP contribution is -2.00. The molecular formula is C17H29FO4. The van der Waals surface area contributed by atoms with Gasteiger partial charge in [-0.1, -0.05) is 44.9 Å². The summed E-state index contributed by atoms with van der Waals surface area (Å²) in [6.45, 7) is 0. The number of carbonyl (C=O) groups is 2. The highest BCUT2D eigenvalue weighted by Crippen LogP contribution is 2.12. The number of methoxy groups -OCH3 is 2. The number of halogens is 1. The molecule has 0 radical (unpaired) electrons. The summed E-state index contributed by atoms with van der Waals surface area (Å²) in [6, 6.07) is 0. The summed E-state index contributed by atoms with van der Waals surface area (Å²) in [7, 11) is 2.59.